The molecule has 0 saturated carbocycles. The van der Waals surface area contributed by atoms with Gasteiger partial charge in [0.05, 0.1) is 55.9 Å². The molecule has 0 amide bonds. The first-order chi connectivity index (χ1) is 15.5. The van der Waals surface area contributed by atoms with Gasteiger partial charge >= 0.3 is 11.9 Å². The number of nitrogens with one attached hydrogen (secondary N) is 1. The molecule has 2 rings (SSSR count). The van der Waals surface area contributed by atoms with Crippen LogP contribution < -0.4 is 5.32 Å². The Bertz CT molecular complexity index is 1070. The zero-order valence-electron chi connectivity index (χ0n) is 19.3. The SMILES string of the molecule is CCOC(=O)C1=C(COCCN(C)S(C)(=O)=O)NC(C)=C(C(=O)OC)C1c1ccccc1Cl. The average Bonchev–Trinajstić information content (AvgIpc) is 2.75. The largest absolute Gasteiger partial charge is 0.466 e. The number of sulfonamides is 1. The van der Waals surface area contributed by atoms with Crippen LogP contribution in [0.1, 0.15) is 25.3 Å². The Labute approximate surface area is 199 Å². The van der Waals surface area contributed by atoms with Gasteiger partial charge in [-0.25, -0.2) is 22.3 Å². The predicted molar refractivity (Wildman–Crippen MR) is 124 cm³/mol. The lowest BCUT2D eigenvalue weighted by molar-refractivity contribution is -0.139. The molecule has 0 aliphatic carbocycles. The highest BCUT2D eigenvalue weighted by atomic mass is 35.5. The molecule has 0 radical (unpaired) electrons. The molecule has 1 N–H and O–H groups in total. The van der Waals surface area contributed by atoms with E-state index in [4.69, 9.17) is 25.8 Å². The molecular formula is C22H29ClN2O7S. The van der Waals surface area contributed by atoms with Crippen molar-refractivity contribution < 1.29 is 32.2 Å². The van der Waals surface area contributed by atoms with Crippen molar-refractivity contribution in [1.82, 2.24) is 9.62 Å². The van der Waals surface area contributed by atoms with Crippen LogP contribution in [0, 0.1) is 0 Å². The fourth-order valence-corrected chi connectivity index (χ4v) is 4.05. The molecule has 0 fully saturated rings. The van der Waals surface area contributed by atoms with Crippen molar-refractivity contribution in [2.45, 2.75) is 19.8 Å². The first-order valence-corrected chi connectivity index (χ1v) is 12.4. The van der Waals surface area contributed by atoms with E-state index in [1.807, 2.05) is 0 Å². The Morgan fingerprint density at radius 2 is 1.85 bits per heavy atom. The summed E-state index contributed by atoms with van der Waals surface area (Å²) in [5, 5.41) is 3.44. The van der Waals surface area contributed by atoms with E-state index in [9.17, 15) is 18.0 Å². The molecule has 1 heterocycles. The monoisotopic (exact) mass is 500 g/mol. The second-order valence-corrected chi connectivity index (χ2v) is 9.86. The van der Waals surface area contributed by atoms with Crippen LogP contribution in [0.15, 0.2) is 46.8 Å². The normalized spacial score (nSPS) is 16.6. The van der Waals surface area contributed by atoms with Crippen molar-refractivity contribution in [2.24, 2.45) is 0 Å². The second kappa shape index (κ2) is 11.6. The van der Waals surface area contributed by atoms with Crippen molar-refractivity contribution in [3.63, 3.8) is 0 Å². The van der Waals surface area contributed by atoms with Crippen LogP contribution in [-0.4, -0.2) is 71.4 Å². The number of halogens is 1. The van der Waals surface area contributed by atoms with Crippen molar-refractivity contribution in [1.29, 1.82) is 0 Å². The summed E-state index contributed by atoms with van der Waals surface area (Å²) >= 11 is 6.45. The van der Waals surface area contributed by atoms with Gasteiger partial charge in [0.15, 0.2) is 0 Å². The molecule has 1 atom stereocenters. The number of carbonyl (C=O) groups is 2. The minimum Gasteiger partial charge on any atom is -0.466 e. The van der Waals surface area contributed by atoms with Crippen LogP contribution in [-0.2, 0) is 33.8 Å². The maximum atomic E-state index is 13.1. The summed E-state index contributed by atoms with van der Waals surface area (Å²) in [6.45, 7) is 3.68. The Morgan fingerprint density at radius 1 is 1.18 bits per heavy atom. The molecule has 9 nitrogen and oxygen atoms in total. The maximum Gasteiger partial charge on any atom is 0.336 e. The number of nitrogens with zero attached hydrogens (tertiary/aromatic N) is 1. The summed E-state index contributed by atoms with van der Waals surface area (Å²) in [5.74, 6) is -2.08. The Balaban J connectivity index is 2.49. The number of hydrogen-bond donors (Lipinski definition) is 1. The summed E-state index contributed by atoms with van der Waals surface area (Å²) in [6.07, 6.45) is 1.10. The highest BCUT2D eigenvalue weighted by molar-refractivity contribution is 7.88. The third-order valence-corrected chi connectivity index (χ3v) is 6.78. The number of rotatable bonds is 10. The lowest BCUT2D eigenvalue weighted by Crippen LogP contribution is -2.35. The Hall–Kier alpha value is -2.40. The van der Waals surface area contributed by atoms with Crippen LogP contribution in [0.2, 0.25) is 5.02 Å². The van der Waals surface area contributed by atoms with Gasteiger partial charge < -0.3 is 19.5 Å². The summed E-state index contributed by atoms with van der Waals surface area (Å²) < 4.78 is 40.3. The fraction of sp³-hybridized carbons (Fsp3) is 0.455. The molecule has 0 spiro atoms. The van der Waals surface area contributed by atoms with Gasteiger partial charge in [0.2, 0.25) is 10.0 Å². The molecule has 33 heavy (non-hydrogen) atoms. The van der Waals surface area contributed by atoms with Crippen LogP contribution in [0.4, 0.5) is 0 Å². The number of ether oxygens (including phenoxy) is 3. The van der Waals surface area contributed by atoms with Crippen molar-refractivity contribution >= 4 is 33.6 Å². The molecule has 182 valence electrons. The van der Waals surface area contributed by atoms with E-state index in [0.29, 0.717) is 22.0 Å². The molecule has 11 heteroatoms. The quantitative estimate of drug-likeness (QED) is 0.384. The van der Waals surface area contributed by atoms with Crippen LogP contribution >= 0.6 is 11.6 Å². The minimum absolute atomic E-state index is 0.0432. The Kier molecular flexibility index (Phi) is 9.47. The molecule has 1 aliphatic heterocycles. The molecule has 0 aromatic heterocycles. The Morgan fingerprint density at radius 3 is 2.42 bits per heavy atom. The fourth-order valence-electron chi connectivity index (χ4n) is 3.39. The number of likely N-dealkylation sites (N-methyl/N-ethyl adjacent to an activating group) is 1. The van der Waals surface area contributed by atoms with Crippen molar-refractivity contribution in [3.05, 3.63) is 57.4 Å². The standard InChI is InChI=1S/C22H29ClN2O7S/c1-6-32-22(27)20-17(13-31-12-11-25(3)33(5,28)29)24-14(2)18(21(26)30-4)19(20)15-9-7-8-10-16(15)23/h7-10,19,24H,6,11-13H2,1-5H3. The third kappa shape index (κ3) is 6.57. The minimum atomic E-state index is -3.34. The molecule has 0 bridgehead atoms. The zero-order valence-corrected chi connectivity index (χ0v) is 20.9. The van der Waals surface area contributed by atoms with Gasteiger partial charge in [0, 0.05) is 24.3 Å². The summed E-state index contributed by atoms with van der Waals surface area (Å²) in [5.41, 5.74) is 1.82. The number of carbonyl (C=O) groups excluding carboxylic acids is 2. The van der Waals surface area contributed by atoms with Gasteiger partial charge in [-0.1, -0.05) is 29.8 Å². The number of benzene rings is 1. The van der Waals surface area contributed by atoms with E-state index in [0.717, 1.165) is 10.6 Å². The summed E-state index contributed by atoms with van der Waals surface area (Å²) in [7, 11) is -0.631. The molecule has 1 aromatic rings. The highest BCUT2D eigenvalue weighted by Crippen LogP contribution is 2.41. The first kappa shape index (κ1) is 26.8. The molecule has 0 saturated heterocycles. The lowest BCUT2D eigenvalue weighted by atomic mass is 9.80. The molecule has 1 aromatic carbocycles. The third-order valence-electron chi connectivity index (χ3n) is 5.12. The molecular weight excluding hydrogens is 472 g/mol. The topological polar surface area (TPSA) is 111 Å². The first-order valence-electron chi connectivity index (χ1n) is 10.2. The summed E-state index contributed by atoms with van der Waals surface area (Å²) in [6, 6.07) is 6.90. The van der Waals surface area contributed by atoms with E-state index in [-0.39, 0.29) is 37.5 Å². The second-order valence-electron chi connectivity index (χ2n) is 7.36. The van der Waals surface area contributed by atoms with E-state index < -0.39 is 27.9 Å². The number of esters is 2. The van der Waals surface area contributed by atoms with Gasteiger partial charge in [0.25, 0.3) is 0 Å². The lowest BCUT2D eigenvalue weighted by Gasteiger charge is -2.31. The smallest absolute Gasteiger partial charge is 0.336 e. The van der Waals surface area contributed by atoms with Crippen LogP contribution in [0.5, 0.6) is 0 Å². The van der Waals surface area contributed by atoms with Gasteiger partial charge in [-0.05, 0) is 25.5 Å². The van der Waals surface area contributed by atoms with E-state index in [1.54, 1.807) is 38.1 Å². The van der Waals surface area contributed by atoms with Gasteiger partial charge in [-0.15, -0.1) is 0 Å². The van der Waals surface area contributed by atoms with Gasteiger partial charge in [-0.3, -0.25) is 0 Å². The van der Waals surface area contributed by atoms with Crippen molar-refractivity contribution in [3.8, 4) is 0 Å². The van der Waals surface area contributed by atoms with Gasteiger partial charge in [-0.2, -0.15) is 0 Å². The number of hydrogen-bond acceptors (Lipinski definition) is 8. The van der Waals surface area contributed by atoms with Crippen molar-refractivity contribution in [2.75, 3.05) is 46.8 Å². The van der Waals surface area contributed by atoms with E-state index in [2.05, 4.69) is 5.32 Å². The maximum absolute atomic E-state index is 13.1. The average molecular weight is 501 g/mol. The molecule has 1 unspecified atom stereocenters. The van der Waals surface area contributed by atoms with Crippen LogP contribution in [0.3, 0.4) is 0 Å². The summed E-state index contributed by atoms with van der Waals surface area (Å²) in [4.78, 5) is 25.8. The van der Waals surface area contributed by atoms with E-state index in [1.165, 1.54) is 14.2 Å². The number of allylic oxidation sites excluding steroid dienone is 1. The predicted octanol–water partition coefficient (Wildman–Crippen LogP) is 2.20. The number of dihydropyridines is 1. The molecule has 1 aliphatic rings. The van der Waals surface area contributed by atoms with Crippen LogP contribution in [0.25, 0.3) is 0 Å². The van der Waals surface area contributed by atoms with E-state index >= 15 is 0 Å². The number of methoxy groups -OCH3 is 1. The highest BCUT2D eigenvalue weighted by Gasteiger charge is 2.39. The van der Waals surface area contributed by atoms with Gasteiger partial charge in [0.1, 0.15) is 0 Å². The zero-order chi connectivity index (χ0) is 24.8.